The van der Waals surface area contributed by atoms with Crippen LogP contribution in [0.5, 0.6) is 11.5 Å². The molecule has 0 saturated heterocycles. The summed E-state index contributed by atoms with van der Waals surface area (Å²) in [5.41, 5.74) is 1.38. The van der Waals surface area contributed by atoms with Crippen molar-refractivity contribution in [3.8, 4) is 11.5 Å². The van der Waals surface area contributed by atoms with Gasteiger partial charge in [0.25, 0.3) is 7.37 Å². The highest BCUT2D eigenvalue weighted by Crippen LogP contribution is 2.61. The third-order valence-corrected chi connectivity index (χ3v) is 8.17. The van der Waals surface area contributed by atoms with Gasteiger partial charge in [0.2, 0.25) is 0 Å². The highest BCUT2D eigenvalue weighted by molar-refractivity contribution is 7.67. The molecule has 30 heavy (non-hydrogen) atoms. The van der Waals surface area contributed by atoms with E-state index in [1.54, 1.807) is 37.4 Å². The third kappa shape index (κ3) is 4.83. The van der Waals surface area contributed by atoms with Gasteiger partial charge in [0.1, 0.15) is 11.5 Å². The summed E-state index contributed by atoms with van der Waals surface area (Å²) in [5.74, 6) is -0.368. The average molecular weight is 433 g/mol. The zero-order valence-electron chi connectivity index (χ0n) is 18.2. The van der Waals surface area contributed by atoms with E-state index in [-0.39, 0.29) is 6.10 Å². The van der Waals surface area contributed by atoms with Gasteiger partial charge in [-0.05, 0) is 55.3 Å². The normalized spacial score (nSPS) is 17.8. The zero-order valence-corrected chi connectivity index (χ0v) is 19.1. The predicted octanol–water partition coefficient (Wildman–Crippen LogP) is 4.71. The summed E-state index contributed by atoms with van der Waals surface area (Å²) in [4.78, 5) is 1.97. The molecule has 3 rings (SSSR count). The van der Waals surface area contributed by atoms with E-state index in [9.17, 15) is 9.67 Å². The summed E-state index contributed by atoms with van der Waals surface area (Å²) in [6.45, 7) is 0. The molecule has 7 heteroatoms. The van der Waals surface area contributed by atoms with Crippen LogP contribution >= 0.6 is 7.37 Å². The van der Waals surface area contributed by atoms with Gasteiger partial charge < -0.3 is 24.0 Å². The number of benzene rings is 2. The maximum absolute atomic E-state index is 14.4. The van der Waals surface area contributed by atoms with Crippen molar-refractivity contribution in [2.45, 2.75) is 44.1 Å². The molecule has 2 aromatic carbocycles. The Morgan fingerprint density at radius 3 is 2.23 bits per heavy atom. The van der Waals surface area contributed by atoms with Gasteiger partial charge >= 0.3 is 0 Å². The Kier molecular flexibility index (Phi) is 7.45. The van der Waals surface area contributed by atoms with Gasteiger partial charge in [-0.25, -0.2) is 0 Å². The Hall–Kier alpha value is -2.01. The molecule has 0 amide bonds. The Balaban J connectivity index is 2.05. The molecule has 0 bridgehead atoms. The monoisotopic (exact) mass is 433 g/mol. The van der Waals surface area contributed by atoms with E-state index in [2.05, 4.69) is 0 Å². The van der Waals surface area contributed by atoms with Crippen molar-refractivity contribution < 1.29 is 23.7 Å². The summed E-state index contributed by atoms with van der Waals surface area (Å²) in [5, 5.41) is 11.9. The van der Waals surface area contributed by atoms with E-state index in [0.717, 1.165) is 37.8 Å². The van der Waals surface area contributed by atoms with Crippen LogP contribution in [0.15, 0.2) is 42.5 Å². The van der Waals surface area contributed by atoms with Crippen molar-refractivity contribution in [1.82, 2.24) is 0 Å². The fourth-order valence-corrected chi connectivity index (χ4v) is 6.14. The first kappa shape index (κ1) is 22.7. The van der Waals surface area contributed by atoms with E-state index in [1.807, 2.05) is 31.1 Å². The topological polar surface area (TPSA) is 68.2 Å². The molecule has 1 saturated carbocycles. The number of hydrogen-bond donors (Lipinski definition) is 1. The first-order valence-electron chi connectivity index (χ1n) is 10.3. The van der Waals surface area contributed by atoms with Crippen molar-refractivity contribution in [3.05, 3.63) is 48.0 Å². The van der Waals surface area contributed by atoms with Gasteiger partial charge in [0.05, 0.1) is 20.3 Å². The fourth-order valence-electron chi connectivity index (χ4n) is 3.83. The fraction of sp³-hybridized carbons (Fsp3) is 0.478. The van der Waals surface area contributed by atoms with Crippen LogP contribution in [0.2, 0.25) is 0 Å². The smallest absolute Gasteiger partial charge is 0.264 e. The molecule has 1 N–H and O–H groups in total. The molecule has 6 nitrogen and oxygen atoms in total. The average Bonchev–Trinajstić information content (AvgIpc) is 2.78. The lowest BCUT2D eigenvalue weighted by Crippen LogP contribution is -2.22. The van der Waals surface area contributed by atoms with Gasteiger partial charge in [0.15, 0.2) is 5.85 Å². The van der Waals surface area contributed by atoms with E-state index in [0.29, 0.717) is 22.4 Å². The van der Waals surface area contributed by atoms with E-state index < -0.39 is 13.2 Å². The molecule has 1 aliphatic rings. The first-order valence-corrected chi connectivity index (χ1v) is 12.0. The van der Waals surface area contributed by atoms with Gasteiger partial charge in [0, 0.05) is 30.7 Å². The van der Waals surface area contributed by atoms with Crippen LogP contribution in [-0.4, -0.2) is 39.5 Å². The minimum Gasteiger partial charge on any atom is -0.497 e. The number of ether oxygens (including phenoxy) is 2. The Bertz CT molecular complexity index is 878. The molecule has 1 aliphatic carbocycles. The summed E-state index contributed by atoms with van der Waals surface area (Å²) in [7, 11) is 3.30. The van der Waals surface area contributed by atoms with Crippen molar-refractivity contribution in [2.24, 2.45) is 0 Å². The van der Waals surface area contributed by atoms with E-state index in [1.165, 1.54) is 7.11 Å². The summed E-state index contributed by atoms with van der Waals surface area (Å²) in [6, 6.07) is 12.5. The second-order valence-corrected chi connectivity index (χ2v) is 10.3. The minimum absolute atomic E-state index is 0.135. The molecular weight excluding hydrogens is 401 g/mol. The molecule has 0 aliphatic heterocycles. The number of hydrogen-bond acceptors (Lipinski definition) is 6. The largest absolute Gasteiger partial charge is 0.497 e. The summed E-state index contributed by atoms with van der Waals surface area (Å²) < 4.78 is 31.4. The van der Waals surface area contributed by atoms with Crippen LogP contribution in [0, 0.1) is 0 Å². The highest BCUT2D eigenvalue weighted by atomic mass is 31.2. The second kappa shape index (κ2) is 9.86. The lowest BCUT2D eigenvalue weighted by molar-refractivity contribution is 0.136. The zero-order chi connectivity index (χ0) is 21.7. The number of anilines is 1. The molecule has 164 valence electrons. The number of nitrogens with zero attached hydrogens (tertiary/aromatic N) is 1. The number of aliphatic hydroxyl groups excluding tert-OH is 1. The maximum Gasteiger partial charge on any atom is 0.264 e. The quantitative estimate of drug-likeness (QED) is 0.608. The highest BCUT2D eigenvalue weighted by Gasteiger charge is 2.40. The van der Waals surface area contributed by atoms with Gasteiger partial charge in [-0.15, -0.1) is 0 Å². The van der Waals surface area contributed by atoms with E-state index in [4.69, 9.17) is 14.0 Å². The minimum atomic E-state index is -3.67. The molecule has 0 unspecified atom stereocenters. The van der Waals surface area contributed by atoms with E-state index >= 15 is 0 Å². The maximum atomic E-state index is 14.4. The molecule has 0 radical (unpaired) electrons. The molecule has 2 aromatic rings. The number of rotatable bonds is 8. The van der Waals surface area contributed by atoms with Gasteiger partial charge in [-0.1, -0.05) is 19.3 Å². The summed E-state index contributed by atoms with van der Waals surface area (Å²) >= 11 is 0. The van der Waals surface area contributed by atoms with Crippen molar-refractivity contribution in [1.29, 1.82) is 0 Å². The number of aliphatic hydroxyl groups is 1. The van der Waals surface area contributed by atoms with Crippen LogP contribution in [0.4, 0.5) is 5.69 Å². The molecule has 2 atom stereocenters. The molecule has 0 spiro atoms. The van der Waals surface area contributed by atoms with Crippen LogP contribution < -0.4 is 19.7 Å². The number of methoxy groups -OCH3 is 2. The third-order valence-electron chi connectivity index (χ3n) is 5.62. The molecule has 0 aromatic heterocycles. The van der Waals surface area contributed by atoms with Crippen molar-refractivity contribution in [2.75, 3.05) is 33.2 Å². The van der Waals surface area contributed by atoms with Crippen LogP contribution in [0.3, 0.4) is 0 Å². The Morgan fingerprint density at radius 1 is 1.00 bits per heavy atom. The lowest BCUT2D eigenvalue weighted by atomic mass is 9.98. The first-order chi connectivity index (χ1) is 14.4. The second-order valence-electron chi connectivity index (χ2n) is 7.85. The molecule has 0 heterocycles. The summed E-state index contributed by atoms with van der Waals surface area (Å²) in [6.07, 6.45) is 4.81. The van der Waals surface area contributed by atoms with Crippen LogP contribution in [0.1, 0.15) is 43.5 Å². The van der Waals surface area contributed by atoms with Crippen LogP contribution in [0.25, 0.3) is 0 Å². The van der Waals surface area contributed by atoms with Gasteiger partial charge in [-0.2, -0.15) is 0 Å². The molecule has 1 fully saturated rings. The SMILES string of the molecule is COc1ccc(OC)c([C@H](O)[P@@](=O)(OC2CCCCC2)c2ccc(N(C)C)cc2)c1. The predicted molar refractivity (Wildman–Crippen MR) is 120 cm³/mol. The van der Waals surface area contributed by atoms with Crippen molar-refractivity contribution >= 4 is 18.4 Å². The molecular formula is C23H32NO5P. The Labute approximate surface area is 179 Å². The Morgan fingerprint density at radius 2 is 1.67 bits per heavy atom. The lowest BCUT2D eigenvalue weighted by Gasteiger charge is -2.31. The van der Waals surface area contributed by atoms with Gasteiger partial charge in [-0.3, -0.25) is 4.57 Å². The van der Waals surface area contributed by atoms with Crippen molar-refractivity contribution in [3.63, 3.8) is 0 Å². The standard InChI is InChI=1S/C23H32NO5P/c1-24(2)17-10-13-20(14-11-17)30(26,29-18-8-6-5-7-9-18)23(25)21-16-19(27-3)12-15-22(21)28-4/h10-16,18,23,25H,5-9H2,1-4H3/t23-,30+/m1/s1. The van der Waals surface area contributed by atoms with Crippen LogP contribution in [-0.2, 0) is 9.09 Å².